The van der Waals surface area contributed by atoms with E-state index in [4.69, 9.17) is 0 Å². The fourth-order valence-electron chi connectivity index (χ4n) is 1.73. The van der Waals surface area contributed by atoms with E-state index in [1.165, 1.54) is 6.07 Å². The molecule has 0 spiro atoms. The second kappa shape index (κ2) is 6.20. The highest BCUT2D eigenvalue weighted by Gasteiger charge is 2.15. The van der Waals surface area contributed by atoms with Gasteiger partial charge >= 0.3 is 0 Å². The summed E-state index contributed by atoms with van der Waals surface area (Å²) in [4.78, 5) is 11.9. The highest BCUT2D eigenvalue weighted by Crippen LogP contribution is 2.19. The Morgan fingerprint density at radius 1 is 1.35 bits per heavy atom. The molecule has 0 fully saturated rings. The number of halogens is 1. The van der Waals surface area contributed by atoms with E-state index in [1.807, 2.05) is 13.0 Å². The third kappa shape index (κ3) is 4.15. The van der Waals surface area contributed by atoms with Crippen LogP contribution in [0.1, 0.15) is 35.3 Å². The molecule has 0 aromatic heterocycles. The maximum Gasteiger partial charge on any atom is 0.175 e. The first-order chi connectivity index (χ1) is 7.91. The van der Waals surface area contributed by atoms with Gasteiger partial charge in [0.2, 0.25) is 0 Å². The van der Waals surface area contributed by atoms with E-state index in [1.54, 1.807) is 18.7 Å². The topological polar surface area (TPSA) is 17.1 Å². The van der Waals surface area contributed by atoms with E-state index in [-0.39, 0.29) is 11.3 Å². The van der Waals surface area contributed by atoms with Gasteiger partial charge in [-0.1, -0.05) is 19.9 Å². The van der Waals surface area contributed by atoms with Crippen molar-refractivity contribution in [1.29, 1.82) is 0 Å². The average Bonchev–Trinajstić information content (AvgIpc) is 2.14. The highest BCUT2D eigenvalue weighted by atomic mass is 32.2. The summed E-state index contributed by atoms with van der Waals surface area (Å²) in [6, 6.07) is 3.27. The number of thioether (sulfide) groups is 1. The van der Waals surface area contributed by atoms with Crippen LogP contribution in [0.2, 0.25) is 0 Å². The van der Waals surface area contributed by atoms with Crippen LogP contribution in [0, 0.1) is 25.6 Å². The van der Waals surface area contributed by atoms with E-state index >= 15 is 0 Å². The molecule has 1 aromatic rings. The SMILES string of the molecule is Cc1cc(C)c(C(=O)CSCC(C)C)c(F)c1. The molecule has 1 nitrogen and oxygen atoms in total. The molecular weight excluding hydrogens is 235 g/mol. The maximum absolute atomic E-state index is 13.7. The molecule has 94 valence electrons. The van der Waals surface area contributed by atoms with Crippen LogP contribution >= 0.6 is 11.8 Å². The first-order valence-electron chi connectivity index (χ1n) is 5.79. The summed E-state index contributed by atoms with van der Waals surface area (Å²) < 4.78 is 13.7. The maximum atomic E-state index is 13.7. The third-order valence-corrected chi connectivity index (χ3v) is 3.76. The summed E-state index contributed by atoms with van der Waals surface area (Å²) in [7, 11) is 0. The fourth-order valence-corrected chi connectivity index (χ4v) is 2.65. The molecule has 0 saturated carbocycles. The van der Waals surface area contributed by atoms with Gasteiger partial charge in [0.15, 0.2) is 5.78 Å². The lowest BCUT2D eigenvalue weighted by Gasteiger charge is -2.08. The molecule has 3 heteroatoms. The minimum absolute atomic E-state index is 0.106. The lowest BCUT2D eigenvalue weighted by molar-refractivity contribution is 0.101. The average molecular weight is 254 g/mol. The van der Waals surface area contributed by atoms with Crippen LogP contribution in [0.5, 0.6) is 0 Å². The zero-order valence-corrected chi connectivity index (χ0v) is 11.7. The van der Waals surface area contributed by atoms with Crippen LogP contribution in [0.4, 0.5) is 4.39 Å². The largest absolute Gasteiger partial charge is 0.293 e. The van der Waals surface area contributed by atoms with Crippen molar-refractivity contribution >= 4 is 17.5 Å². The molecule has 0 heterocycles. The Bertz CT molecular complexity index is 390. The number of carbonyl (C=O) groups is 1. The van der Waals surface area contributed by atoms with Crippen molar-refractivity contribution in [1.82, 2.24) is 0 Å². The predicted molar refractivity (Wildman–Crippen MR) is 72.4 cm³/mol. The minimum Gasteiger partial charge on any atom is -0.293 e. The van der Waals surface area contributed by atoms with Crippen LogP contribution in [0.15, 0.2) is 12.1 Å². The molecule has 0 aliphatic rings. The Kier molecular flexibility index (Phi) is 5.19. The van der Waals surface area contributed by atoms with Crippen molar-refractivity contribution in [2.75, 3.05) is 11.5 Å². The van der Waals surface area contributed by atoms with Crippen LogP contribution < -0.4 is 0 Å². The molecule has 1 rings (SSSR count). The van der Waals surface area contributed by atoms with Gasteiger partial charge < -0.3 is 0 Å². The standard InChI is InChI=1S/C14H19FOS/c1-9(2)7-17-8-13(16)14-11(4)5-10(3)6-12(14)15/h5-6,9H,7-8H2,1-4H3. The van der Waals surface area contributed by atoms with Gasteiger partial charge in [-0.3, -0.25) is 4.79 Å². The van der Waals surface area contributed by atoms with Crippen LogP contribution in [-0.2, 0) is 0 Å². The Balaban J connectivity index is 2.76. The third-order valence-electron chi connectivity index (χ3n) is 2.39. The van der Waals surface area contributed by atoms with E-state index in [9.17, 15) is 9.18 Å². The van der Waals surface area contributed by atoms with Crippen LogP contribution in [0.25, 0.3) is 0 Å². The van der Waals surface area contributed by atoms with Crippen LogP contribution in [-0.4, -0.2) is 17.3 Å². The number of benzene rings is 1. The van der Waals surface area contributed by atoms with Gasteiger partial charge in [0, 0.05) is 0 Å². The monoisotopic (exact) mass is 254 g/mol. The molecule has 0 N–H and O–H groups in total. The molecule has 17 heavy (non-hydrogen) atoms. The van der Waals surface area contributed by atoms with Crippen molar-refractivity contribution in [3.05, 3.63) is 34.6 Å². The summed E-state index contributed by atoms with van der Waals surface area (Å²) in [6.07, 6.45) is 0. The van der Waals surface area contributed by atoms with E-state index < -0.39 is 5.82 Å². The molecular formula is C14H19FOS. The zero-order chi connectivity index (χ0) is 13.0. The normalized spacial score (nSPS) is 10.9. The van der Waals surface area contributed by atoms with E-state index in [0.29, 0.717) is 11.7 Å². The lowest BCUT2D eigenvalue weighted by Crippen LogP contribution is -2.09. The van der Waals surface area contributed by atoms with E-state index in [0.717, 1.165) is 16.9 Å². The van der Waals surface area contributed by atoms with E-state index in [2.05, 4.69) is 13.8 Å². The van der Waals surface area contributed by atoms with Crippen molar-refractivity contribution in [2.45, 2.75) is 27.7 Å². The summed E-state index contributed by atoms with van der Waals surface area (Å²) >= 11 is 1.57. The molecule has 0 unspecified atom stereocenters. The quantitative estimate of drug-likeness (QED) is 0.738. The van der Waals surface area contributed by atoms with Gasteiger partial charge in [-0.25, -0.2) is 4.39 Å². The number of hydrogen-bond acceptors (Lipinski definition) is 2. The Hall–Kier alpha value is -0.830. The fraction of sp³-hybridized carbons (Fsp3) is 0.500. The number of Topliss-reactive ketones (excluding diaryl/α,β-unsaturated/α-hetero) is 1. The highest BCUT2D eigenvalue weighted by molar-refractivity contribution is 7.99. The number of rotatable bonds is 5. The summed E-state index contributed by atoms with van der Waals surface area (Å²) in [5.41, 5.74) is 1.84. The smallest absolute Gasteiger partial charge is 0.175 e. The lowest BCUT2D eigenvalue weighted by atomic mass is 10.0. The number of carbonyl (C=O) groups excluding carboxylic acids is 1. The Morgan fingerprint density at radius 2 is 2.00 bits per heavy atom. The number of aryl methyl sites for hydroxylation is 2. The van der Waals surface area contributed by atoms with Crippen molar-refractivity contribution < 1.29 is 9.18 Å². The first kappa shape index (κ1) is 14.2. The van der Waals surface area contributed by atoms with Gasteiger partial charge in [-0.2, -0.15) is 11.8 Å². The van der Waals surface area contributed by atoms with Gasteiger partial charge in [0.25, 0.3) is 0 Å². The predicted octanol–water partition coefficient (Wildman–Crippen LogP) is 4.01. The minimum atomic E-state index is -0.391. The molecule has 0 aliphatic carbocycles. The second-order valence-corrected chi connectivity index (χ2v) is 5.80. The van der Waals surface area contributed by atoms with Gasteiger partial charge in [-0.05, 0) is 42.7 Å². The molecule has 0 aliphatic heterocycles. The first-order valence-corrected chi connectivity index (χ1v) is 6.95. The van der Waals surface area contributed by atoms with Crippen molar-refractivity contribution in [2.24, 2.45) is 5.92 Å². The summed E-state index contributed by atoms with van der Waals surface area (Å²) in [5, 5.41) is 0. The van der Waals surface area contributed by atoms with Crippen LogP contribution in [0.3, 0.4) is 0 Å². The second-order valence-electron chi connectivity index (χ2n) is 4.77. The van der Waals surface area contributed by atoms with Crippen molar-refractivity contribution in [3.63, 3.8) is 0 Å². The van der Waals surface area contributed by atoms with Crippen molar-refractivity contribution in [3.8, 4) is 0 Å². The Labute approximate surface area is 107 Å². The molecule has 0 radical (unpaired) electrons. The number of hydrogen-bond donors (Lipinski definition) is 0. The van der Waals surface area contributed by atoms with Gasteiger partial charge in [-0.15, -0.1) is 0 Å². The molecule has 0 bridgehead atoms. The molecule has 0 saturated heterocycles. The molecule has 0 atom stereocenters. The summed E-state index contributed by atoms with van der Waals surface area (Å²) in [5.74, 6) is 1.34. The number of ketones is 1. The molecule has 1 aromatic carbocycles. The Morgan fingerprint density at radius 3 is 2.53 bits per heavy atom. The molecule has 0 amide bonds. The van der Waals surface area contributed by atoms with Gasteiger partial charge in [0.1, 0.15) is 5.82 Å². The zero-order valence-electron chi connectivity index (χ0n) is 10.8. The summed E-state index contributed by atoms with van der Waals surface area (Å²) in [6.45, 7) is 7.83. The van der Waals surface area contributed by atoms with Gasteiger partial charge in [0.05, 0.1) is 11.3 Å².